The van der Waals surface area contributed by atoms with E-state index in [9.17, 15) is 26.0 Å². The van der Waals surface area contributed by atoms with Gasteiger partial charge in [0, 0.05) is 17.5 Å². The standard InChI is InChI=1S/C16H21F4NO3SSi/c1-4-5-8-26(2,3)24-15-12(18)9-10-11(17)6-7-13(14(10)15)21-25(22,23)16(19)20/h6-7,16,21H,4-5,8-9H2,1-3H3. The minimum Gasteiger partial charge on any atom is -0.542 e. The summed E-state index contributed by atoms with van der Waals surface area (Å²) in [4.78, 5) is 0. The van der Waals surface area contributed by atoms with E-state index in [1.54, 1.807) is 4.72 Å². The molecule has 1 N–H and O–H groups in total. The van der Waals surface area contributed by atoms with Crippen LogP contribution in [0.3, 0.4) is 0 Å². The number of alkyl halides is 2. The zero-order valence-electron chi connectivity index (χ0n) is 14.7. The summed E-state index contributed by atoms with van der Waals surface area (Å²) in [6.07, 6.45) is 1.39. The molecule has 26 heavy (non-hydrogen) atoms. The Morgan fingerprint density at radius 1 is 1.27 bits per heavy atom. The van der Waals surface area contributed by atoms with E-state index < -0.39 is 42.2 Å². The number of anilines is 1. The largest absolute Gasteiger partial charge is 0.542 e. The van der Waals surface area contributed by atoms with Crippen LogP contribution in [-0.4, -0.2) is 22.5 Å². The van der Waals surface area contributed by atoms with Crippen molar-refractivity contribution in [2.24, 2.45) is 0 Å². The van der Waals surface area contributed by atoms with E-state index in [0.29, 0.717) is 0 Å². The highest BCUT2D eigenvalue weighted by Crippen LogP contribution is 2.42. The maximum atomic E-state index is 14.5. The third-order valence-corrected chi connectivity index (χ3v) is 7.35. The second-order valence-corrected chi connectivity index (χ2v) is 12.6. The molecule has 0 heterocycles. The lowest BCUT2D eigenvalue weighted by Crippen LogP contribution is -2.29. The molecule has 1 aliphatic carbocycles. The fourth-order valence-corrected chi connectivity index (χ4v) is 5.38. The summed E-state index contributed by atoms with van der Waals surface area (Å²) >= 11 is 0. The van der Waals surface area contributed by atoms with Crippen LogP contribution in [-0.2, 0) is 20.9 Å². The maximum Gasteiger partial charge on any atom is 0.355 e. The molecule has 0 radical (unpaired) electrons. The van der Waals surface area contributed by atoms with Gasteiger partial charge in [-0.2, -0.15) is 8.78 Å². The van der Waals surface area contributed by atoms with Crippen LogP contribution in [0.15, 0.2) is 18.0 Å². The molecule has 0 spiro atoms. The van der Waals surface area contributed by atoms with Crippen LogP contribution in [0.25, 0.3) is 5.76 Å². The molecule has 1 aliphatic rings. The average Bonchev–Trinajstić information content (AvgIpc) is 2.85. The van der Waals surface area contributed by atoms with Crippen molar-refractivity contribution in [3.8, 4) is 0 Å². The molecular formula is C16H21F4NO3SSi. The van der Waals surface area contributed by atoms with Gasteiger partial charge in [0.15, 0.2) is 0 Å². The number of allylic oxidation sites excluding steroid dienone is 1. The van der Waals surface area contributed by atoms with Crippen LogP contribution in [0.1, 0.15) is 30.9 Å². The molecular weight excluding hydrogens is 390 g/mol. The quantitative estimate of drug-likeness (QED) is 0.483. The molecule has 0 fully saturated rings. The van der Waals surface area contributed by atoms with E-state index in [0.717, 1.165) is 31.0 Å². The topological polar surface area (TPSA) is 55.4 Å². The van der Waals surface area contributed by atoms with E-state index in [2.05, 4.69) is 0 Å². The average molecular weight is 411 g/mol. The van der Waals surface area contributed by atoms with Crippen molar-refractivity contribution in [3.05, 3.63) is 34.9 Å². The van der Waals surface area contributed by atoms with Gasteiger partial charge in [0.25, 0.3) is 10.0 Å². The maximum absolute atomic E-state index is 14.5. The number of nitrogens with one attached hydrogen (secondary N) is 1. The molecule has 0 unspecified atom stereocenters. The van der Waals surface area contributed by atoms with Crippen molar-refractivity contribution in [3.63, 3.8) is 0 Å². The van der Waals surface area contributed by atoms with Gasteiger partial charge < -0.3 is 4.43 Å². The third kappa shape index (κ3) is 4.40. The van der Waals surface area contributed by atoms with Crippen molar-refractivity contribution in [1.82, 2.24) is 0 Å². The predicted octanol–water partition coefficient (Wildman–Crippen LogP) is 5.01. The van der Waals surface area contributed by atoms with Crippen molar-refractivity contribution >= 4 is 29.8 Å². The monoisotopic (exact) mass is 411 g/mol. The summed E-state index contributed by atoms with van der Waals surface area (Å²) in [6, 6.07) is 2.64. The molecule has 1 aromatic carbocycles. The third-order valence-electron chi connectivity index (χ3n) is 4.06. The first-order valence-electron chi connectivity index (χ1n) is 8.17. The Bertz CT molecular complexity index is 825. The Hall–Kier alpha value is -1.55. The van der Waals surface area contributed by atoms with Gasteiger partial charge in [-0.05, 0) is 31.3 Å². The minimum atomic E-state index is -4.98. The van der Waals surface area contributed by atoms with Gasteiger partial charge in [-0.15, -0.1) is 0 Å². The minimum absolute atomic E-state index is 0.104. The normalized spacial score (nSPS) is 14.8. The van der Waals surface area contributed by atoms with Gasteiger partial charge in [-0.3, -0.25) is 4.72 Å². The van der Waals surface area contributed by atoms with Crippen LogP contribution in [0.4, 0.5) is 23.2 Å². The first kappa shape index (κ1) is 20.8. The van der Waals surface area contributed by atoms with E-state index in [1.165, 1.54) is 0 Å². The summed E-state index contributed by atoms with van der Waals surface area (Å²) in [5.41, 5.74) is -0.555. The number of hydrogen-bond donors (Lipinski definition) is 1. The van der Waals surface area contributed by atoms with Gasteiger partial charge in [-0.25, -0.2) is 17.2 Å². The molecule has 0 bridgehead atoms. The lowest BCUT2D eigenvalue weighted by Gasteiger charge is -2.26. The molecule has 0 amide bonds. The Morgan fingerprint density at radius 3 is 2.50 bits per heavy atom. The summed E-state index contributed by atoms with van der Waals surface area (Å²) in [5, 5.41) is 0. The fraction of sp³-hybridized carbons (Fsp3) is 0.500. The van der Waals surface area contributed by atoms with E-state index >= 15 is 0 Å². The van der Waals surface area contributed by atoms with E-state index in [4.69, 9.17) is 4.43 Å². The summed E-state index contributed by atoms with van der Waals surface area (Å²) < 4.78 is 84.5. The number of rotatable bonds is 8. The number of sulfonamides is 1. The SMILES string of the molecule is CCCC[Si](C)(C)OC1=C(F)Cc2c(F)ccc(NS(=O)(=O)C(F)F)c21. The molecule has 4 nitrogen and oxygen atoms in total. The molecule has 2 rings (SSSR count). The highest BCUT2D eigenvalue weighted by Gasteiger charge is 2.35. The molecule has 10 heteroatoms. The van der Waals surface area contributed by atoms with Crippen LogP contribution in [0, 0.1) is 5.82 Å². The molecule has 1 aromatic rings. The van der Waals surface area contributed by atoms with Crippen LogP contribution < -0.4 is 4.72 Å². The lowest BCUT2D eigenvalue weighted by molar-refractivity contribution is 0.236. The van der Waals surface area contributed by atoms with Gasteiger partial charge in [-0.1, -0.05) is 19.8 Å². The number of unbranched alkanes of at least 4 members (excludes halogenated alkanes) is 1. The highest BCUT2D eigenvalue weighted by atomic mass is 32.2. The van der Waals surface area contributed by atoms with Gasteiger partial charge in [0.1, 0.15) is 17.4 Å². The van der Waals surface area contributed by atoms with Crippen molar-refractivity contribution in [1.29, 1.82) is 0 Å². The zero-order chi connectivity index (χ0) is 19.7. The van der Waals surface area contributed by atoms with Gasteiger partial charge >= 0.3 is 5.76 Å². The predicted molar refractivity (Wildman–Crippen MR) is 95.0 cm³/mol. The molecule has 0 saturated heterocycles. The van der Waals surface area contributed by atoms with E-state index in [-0.39, 0.29) is 22.6 Å². The van der Waals surface area contributed by atoms with Crippen molar-refractivity contribution in [2.75, 3.05) is 4.72 Å². The Kier molecular flexibility index (Phi) is 6.06. The Labute approximate surface area is 151 Å². The Balaban J connectivity index is 2.46. The smallest absolute Gasteiger partial charge is 0.355 e. The summed E-state index contributed by atoms with van der Waals surface area (Å²) in [5.74, 6) is -5.40. The number of fused-ring (bicyclic) bond motifs is 1. The van der Waals surface area contributed by atoms with Crippen LogP contribution >= 0.6 is 0 Å². The second-order valence-electron chi connectivity index (χ2n) is 6.73. The molecule has 0 aromatic heterocycles. The molecule has 0 atom stereocenters. The lowest BCUT2D eigenvalue weighted by atomic mass is 10.1. The van der Waals surface area contributed by atoms with Crippen molar-refractivity contribution in [2.45, 2.75) is 51.1 Å². The second kappa shape index (κ2) is 7.59. The number of hydrogen-bond acceptors (Lipinski definition) is 3. The summed E-state index contributed by atoms with van der Waals surface area (Å²) in [7, 11) is -7.35. The Morgan fingerprint density at radius 2 is 1.92 bits per heavy atom. The fourth-order valence-electron chi connectivity index (χ4n) is 2.74. The first-order chi connectivity index (χ1) is 12.0. The number of benzene rings is 1. The molecule has 0 aliphatic heterocycles. The van der Waals surface area contributed by atoms with E-state index in [1.807, 2.05) is 20.0 Å². The van der Waals surface area contributed by atoms with Crippen molar-refractivity contribution < 1.29 is 30.4 Å². The summed E-state index contributed by atoms with van der Waals surface area (Å²) in [6.45, 7) is 5.73. The van der Waals surface area contributed by atoms with Crippen LogP contribution in [0.5, 0.6) is 0 Å². The molecule has 0 saturated carbocycles. The number of halogens is 4. The van der Waals surface area contributed by atoms with Crippen LogP contribution in [0.2, 0.25) is 19.1 Å². The first-order valence-corrected chi connectivity index (χ1v) is 12.8. The van der Waals surface area contributed by atoms with Gasteiger partial charge in [0.2, 0.25) is 8.32 Å². The molecule has 146 valence electrons. The van der Waals surface area contributed by atoms with Gasteiger partial charge in [0.05, 0.1) is 5.69 Å². The zero-order valence-corrected chi connectivity index (χ0v) is 16.5. The highest BCUT2D eigenvalue weighted by molar-refractivity contribution is 7.93.